The molecule has 0 unspecified atom stereocenters. The molecule has 8 nitrogen and oxygen atoms in total. The lowest BCUT2D eigenvalue weighted by Crippen LogP contribution is -2.45. The van der Waals surface area contributed by atoms with Gasteiger partial charge < -0.3 is 15.0 Å². The van der Waals surface area contributed by atoms with E-state index in [0.717, 1.165) is 22.4 Å². The molecule has 2 aliphatic rings. The molecule has 2 aromatic carbocycles. The van der Waals surface area contributed by atoms with Gasteiger partial charge in [0.2, 0.25) is 0 Å². The highest BCUT2D eigenvalue weighted by Gasteiger charge is 2.49. The third-order valence-electron chi connectivity index (χ3n) is 6.31. The maximum atomic E-state index is 13.5. The molecular weight excluding hydrogens is 510 g/mol. The molecule has 0 saturated carbocycles. The fraction of sp³-hybridized carbons (Fsp3) is 0.444. The first-order valence-electron chi connectivity index (χ1n) is 12.2. The Morgan fingerprint density at radius 3 is 2.46 bits per heavy atom. The third kappa shape index (κ3) is 6.73. The van der Waals surface area contributed by atoms with Gasteiger partial charge in [-0.15, -0.1) is 0 Å². The number of hydrogen-bond acceptors (Lipinski definition) is 6. The van der Waals surface area contributed by atoms with E-state index in [1.165, 1.54) is 11.8 Å². The Balaban J connectivity index is 1.66. The number of anilines is 1. The molecule has 0 spiro atoms. The number of hydrogen-bond donors (Lipinski definition) is 1. The van der Waals surface area contributed by atoms with Gasteiger partial charge in [0.25, 0.3) is 5.91 Å². The number of nitrogens with one attached hydrogen (secondary N) is 1. The molecule has 37 heavy (non-hydrogen) atoms. The van der Waals surface area contributed by atoms with Crippen LogP contribution in [0.25, 0.3) is 0 Å². The van der Waals surface area contributed by atoms with Crippen molar-refractivity contribution in [2.45, 2.75) is 64.0 Å². The van der Waals surface area contributed by atoms with Crippen molar-refractivity contribution in [1.82, 2.24) is 5.32 Å². The Morgan fingerprint density at radius 1 is 1.11 bits per heavy atom. The van der Waals surface area contributed by atoms with Gasteiger partial charge in [-0.3, -0.25) is 4.79 Å². The number of carbonyl (C=O) groups is 2. The van der Waals surface area contributed by atoms with E-state index >= 15 is 0 Å². The summed E-state index contributed by atoms with van der Waals surface area (Å²) in [5.74, 6) is -0.469. The standard InChI is InChI=1S/C27H33N3O5S2/c1-17-11-12-20(13-18(17)2)30-22-15-37(33,34)16-23(22)36-25(30)29-24(31)21(14-19-9-7-6-8-10-19)28-26(32)35-27(3,4)5/h6-13,21-23H,14-16H2,1-5H3,(H,28,32)/t21-,22-,23+/m0/s1. The smallest absolute Gasteiger partial charge is 0.408 e. The Labute approximate surface area is 222 Å². The number of aliphatic imine (C=N–C) groups is 1. The number of fused-ring (bicyclic) bond motifs is 1. The van der Waals surface area contributed by atoms with Gasteiger partial charge in [0.05, 0.1) is 17.5 Å². The molecule has 10 heteroatoms. The molecule has 2 saturated heterocycles. The molecule has 2 fully saturated rings. The maximum absolute atomic E-state index is 13.5. The molecule has 2 aromatic rings. The number of sulfone groups is 1. The summed E-state index contributed by atoms with van der Waals surface area (Å²) in [6, 6.07) is 14.0. The topological polar surface area (TPSA) is 105 Å². The van der Waals surface area contributed by atoms with Gasteiger partial charge in [-0.1, -0.05) is 48.2 Å². The van der Waals surface area contributed by atoms with E-state index in [0.29, 0.717) is 5.17 Å². The number of amides is 2. The van der Waals surface area contributed by atoms with E-state index in [2.05, 4.69) is 10.3 Å². The summed E-state index contributed by atoms with van der Waals surface area (Å²) >= 11 is 1.31. The van der Waals surface area contributed by atoms with E-state index in [4.69, 9.17) is 4.74 Å². The van der Waals surface area contributed by atoms with Crippen molar-refractivity contribution in [1.29, 1.82) is 0 Å². The number of ether oxygens (including phenoxy) is 1. The van der Waals surface area contributed by atoms with Crippen molar-refractivity contribution in [2.24, 2.45) is 4.99 Å². The average Bonchev–Trinajstić information content (AvgIpc) is 3.25. The second-order valence-electron chi connectivity index (χ2n) is 10.6. The zero-order valence-electron chi connectivity index (χ0n) is 21.7. The maximum Gasteiger partial charge on any atom is 0.408 e. The molecule has 2 aliphatic heterocycles. The minimum atomic E-state index is -3.18. The van der Waals surface area contributed by atoms with Crippen molar-refractivity contribution in [3.05, 3.63) is 65.2 Å². The summed E-state index contributed by atoms with van der Waals surface area (Å²) in [6.45, 7) is 9.27. The van der Waals surface area contributed by atoms with Crippen LogP contribution in [-0.2, 0) is 25.8 Å². The molecule has 3 atom stereocenters. The number of amidine groups is 1. The third-order valence-corrected chi connectivity index (χ3v) is 9.52. The van der Waals surface area contributed by atoms with Crippen LogP contribution in [0.2, 0.25) is 0 Å². The number of carbonyl (C=O) groups excluding carboxylic acids is 2. The molecule has 1 N–H and O–H groups in total. The first kappa shape index (κ1) is 27.2. The Hall–Kier alpha value is -2.85. The van der Waals surface area contributed by atoms with Crippen LogP contribution in [-0.4, -0.2) is 60.0 Å². The van der Waals surface area contributed by atoms with E-state index < -0.39 is 33.5 Å². The first-order chi connectivity index (χ1) is 17.3. The van der Waals surface area contributed by atoms with Crippen LogP contribution in [0.4, 0.5) is 10.5 Å². The van der Waals surface area contributed by atoms with Gasteiger partial charge in [-0.25, -0.2) is 13.2 Å². The van der Waals surface area contributed by atoms with E-state index in [9.17, 15) is 18.0 Å². The molecule has 2 heterocycles. The zero-order valence-corrected chi connectivity index (χ0v) is 23.4. The number of benzene rings is 2. The molecule has 4 rings (SSSR count). The fourth-order valence-electron chi connectivity index (χ4n) is 4.41. The van der Waals surface area contributed by atoms with Gasteiger partial charge in [0.1, 0.15) is 11.6 Å². The minimum absolute atomic E-state index is 0.00834. The normalized spacial score (nSPS) is 22.5. The molecule has 0 aromatic heterocycles. The van der Waals surface area contributed by atoms with Crippen molar-refractivity contribution >= 4 is 44.5 Å². The van der Waals surface area contributed by atoms with Crippen LogP contribution in [0, 0.1) is 13.8 Å². The monoisotopic (exact) mass is 543 g/mol. The summed E-state index contributed by atoms with van der Waals surface area (Å²) in [4.78, 5) is 32.4. The van der Waals surface area contributed by atoms with E-state index in [1.54, 1.807) is 20.8 Å². The van der Waals surface area contributed by atoms with Crippen molar-refractivity contribution in [3.8, 4) is 0 Å². The van der Waals surface area contributed by atoms with Gasteiger partial charge in [0, 0.05) is 17.4 Å². The molecular formula is C27H33N3O5S2. The Morgan fingerprint density at radius 2 is 1.81 bits per heavy atom. The van der Waals surface area contributed by atoms with Gasteiger partial charge in [-0.2, -0.15) is 4.99 Å². The second kappa shape index (κ2) is 10.5. The Kier molecular flexibility index (Phi) is 7.71. The predicted octanol–water partition coefficient (Wildman–Crippen LogP) is 4.04. The SMILES string of the molecule is Cc1ccc(N2C(=NC(=O)[C@H](Cc3ccccc3)NC(=O)OC(C)(C)C)S[C@@H]3CS(=O)(=O)C[C@@H]32)cc1C. The summed E-state index contributed by atoms with van der Waals surface area (Å²) in [7, 11) is -3.18. The van der Waals surface area contributed by atoms with E-state index in [-0.39, 0.29) is 29.2 Å². The van der Waals surface area contributed by atoms with Crippen molar-refractivity contribution in [3.63, 3.8) is 0 Å². The number of rotatable bonds is 5. The van der Waals surface area contributed by atoms with Crippen molar-refractivity contribution < 1.29 is 22.7 Å². The molecule has 2 amide bonds. The zero-order chi connectivity index (χ0) is 27.0. The summed E-state index contributed by atoms with van der Waals surface area (Å²) in [6.07, 6.45) is -0.458. The first-order valence-corrected chi connectivity index (χ1v) is 14.9. The lowest BCUT2D eigenvalue weighted by atomic mass is 10.1. The second-order valence-corrected chi connectivity index (χ2v) is 13.9. The molecule has 0 radical (unpaired) electrons. The lowest BCUT2D eigenvalue weighted by molar-refractivity contribution is -0.119. The summed E-state index contributed by atoms with van der Waals surface area (Å²) in [5, 5.41) is 2.92. The molecule has 0 bridgehead atoms. The van der Waals surface area contributed by atoms with Crippen LogP contribution < -0.4 is 10.2 Å². The number of aryl methyl sites for hydroxylation is 2. The predicted molar refractivity (Wildman–Crippen MR) is 148 cm³/mol. The Bertz CT molecular complexity index is 1320. The molecule has 0 aliphatic carbocycles. The molecule has 198 valence electrons. The number of thioether (sulfide) groups is 1. The summed E-state index contributed by atoms with van der Waals surface area (Å²) in [5.41, 5.74) is 3.12. The van der Waals surface area contributed by atoms with Gasteiger partial charge >= 0.3 is 6.09 Å². The van der Waals surface area contributed by atoms with Crippen molar-refractivity contribution in [2.75, 3.05) is 16.4 Å². The fourth-order valence-corrected chi connectivity index (χ4v) is 8.33. The lowest BCUT2D eigenvalue weighted by Gasteiger charge is -2.26. The largest absolute Gasteiger partial charge is 0.444 e. The highest BCUT2D eigenvalue weighted by atomic mass is 32.2. The van der Waals surface area contributed by atoms with Crippen LogP contribution in [0.15, 0.2) is 53.5 Å². The van der Waals surface area contributed by atoms with Crippen LogP contribution in [0.1, 0.15) is 37.5 Å². The summed E-state index contributed by atoms with van der Waals surface area (Å²) < 4.78 is 30.2. The number of alkyl carbamates (subject to hydrolysis) is 1. The highest BCUT2D eigenvalue weighted by molar-refractivity contribution is 8.16. The number of nitrogens with zero attached hydrogens (tertiary/aromatic N) is 2. The van der Waals surface area contributed by atoms with Crippen LogP contribution in [0.5, 0.6) is 0 Å². The van der Waals surface area contributed by atoms with Gasteiger partial charge in [0.15, 0.2) is 15.0 Å². The van der Waals surface area contributed by atoms with E-state index in [1.807, 2.05) is 67.3 Å². The highest BCUT2D eigenvalue weighted by Crippen LogP contribution is 2.41. The minimum Gasteiger partial charge on any atom is -0.444 e. The average molecular weight is 544 g/mol. The quantitative estimate of drug-likeness (QED) is 0.607. The van der Waals surface area contributed by atoms with Crippen LogP contribution >= 0.6 is 11.8 Å². The van der Waals surface area contributed by atoms with Crippen LogP contribution in [0.3, 0.4) is 0 Å². The van der Waals surface area contributed by atoms with Gasteiger partial charge in [-0.05, 0) is 63.4 Å².